The van der Waals surface area contributed by atoms with Gasteiger partial charge in [-0.05, 0) is 37.0 Å². The Morgan fingerprint density at radius 2 is 2.06 bits per heavy atom. The molecular weight excluding hydrogens is 264 g/mol. The Kier molecular flexibility index (Phi) is 4.57. The summed E-state index contributed by atoms with van der Waals surface area (Å²) >= 11 is 10.4. The van der Waals surface area contributed by atoms with E-state index in [9.17, 15) is 5.26 Å². The largest absolute Gasteiger partial charge is 0.388 e. The Hall–Kier alpha value is -1.11. The number of hydrogen-bond donors (Lipinski definition) is 2. The predicted molar refractivity (Wildman–Crippen MR) is 77.7 cm³/mol. The van der Waals surface area contributed by atoms with Crippen molar-refractivity contribution < 1.29 is 0 Å². The number of allylic oxidation sites excluding steroid dienone is 1. The van der Waals surface area contributed by atoms with Crippen LogP contribution in [-0.4, -0.2) is 6.54 Å². The summed E-state index contributed by atoms with van der Waals surface area (Å²) in [5.74, 6) is 0. The molecule has 1 unspecified atom stereocenters. The third kappa shape index (κ3) is 3.01. The summed E-state index contributed by atoms with van der Waals surface area (Å²) in [5.41, 5.74) is 2.76. The van der Waals surface area contributed by atoms with E-state index < -0.39 is 0 Å². The van der Waals surface area contributed by atoms with E-state index in [0.717, 1.165) is 36.2 Å². The van der Waals surface area contributed by atoms with Crippen molar-refractivity contribution in [3.05, 3.63) is 46.1 Å². The summed E-state index contributed by atoms with van der Waals surface area (Å²) in [7, 11) is 0. The second-order valence-corrected chi connectivity index (χ2v) is 5.29. The Morgan fingerprint density at radius 3 is 2.61 bits per heavy atom. The van der Waals surface area contributed by atoms with Crippen LogP contribution in [0.4, 0.5) is 0 Å². The quantitative estimate of drug-likeness (QED) is 0.636. The maximum Gasteiger partial charge on any atom is 0.0980 e. The van der Waals surface area contributed by atoms with Crippen molar-refractivity contribution in [1.82, 2.24) is 5.32 Å². The molecule has 94 valence electrons. The molecule has 0 amide bonds. The Bertz CT molecular complexity index is 480. The summed E-state index contributed by atoms with van der Waals surface area (Å²) in [4.78, 5) is 0. The van der Waals surface area contributed by atoms with E-state index in [1.807, 2.05) is 24.3 Å². The zero-order valence-electron chi connectivity index (χ0n) is 9.99. The molecule has 1 fully saturated rings. The number of halogens is 1. The SMILES string of the molecule is N#CC(=C1CCCCN1)C(S)c1ccc(Cl)cc1. The fraction of sp³-hybridized carbons (Fsp3) is 0.357. The molecular formula is C14H15ClN2S. The van der Waals surface area contributed by atoms with Crippen molar-refractivity contribution in [3.8, 4) is 6.07 Å². The van der Waals surface area contributed by atoms with Crippen molar-refractivity contribution in [3.63, 3.8) is 0 Å². The van der Waals surface area contributed by atoms with Crippen molar-refractivity contribution in [1.29, 1.82) is 5.26 Å². The van der Waals surface area contributed by atoms with Gasteiger partial charge < -0.3 is 5.32 Å². The summed E-state index contributed by atoms with van der Waals surface area (Å²) in [5, 5.41) is 13.2. The van der Waals surface area contributed by atoms with Crippen LogP contribution >= 0.6 is 24.2 Å². The van der Waals surface area contributed by atoms with Gasteiger partial charge in [0.05, 0.1) is 16.9 Å². The minimum atomic E-state index is -0.187. The number of nitrogens with zero attached hydrogens (tertiary/aromatic N) is 1. The summed E-state index contributed by atoms with van der Waals surface area (Å²) in [6.07, 6.45) is 3.24. The van der Waals surface area contributed by atoms with Crippen LogP contribution in [0.1, 0.15) is 30.1 Å². The van der Waals surface area contributed by atoms with Gasteiger partial charge in [0.25, 0.3) is 0 Å². The lowest BCUT2D eigenvalue weighted by molar-refractivity contribution is 0.581. The molecule has 1 atom stereocenters. The average Bonchev–Trinajstić information content (AvgIpc) is 2.41. The smallest absolute Gasteiger partial charge is 0.0980 e. The summed E-state index contributed by atoms with van der Waals surface area (Å²) in [6, 6.07) is 9.78. The highest BCUT2D eigenvalue weighted by Gasteiger charge is 2.18. The van der Waals surface area contributed by atoms with Crippen molar-refractivity contribution in [2.24, 2.45) is 0 Å². The van der Waals surface area contributed by atoms with Crippen LogP contribution in [0.3, 0.4) is 0 Å². The van der Waals surface area contributed by atoms with Crippen molar-refractivity contribution in [2.75, 3.05) is 6.54 Å². The van der Waals surface area contributed by atoms with Gasteiger partial charge in [0, 0.05) is 17.3 Å². The van der Waals surface area contributed by atoms with E-state index in [4.69, 9.17) is 11.6 Å². The van der Waals surface area contributed by atoms with Crippen LogP contribution in [0, 0.1) is 11.3 Å². The second-order valence-electron chi connectivity index (χ2n) is 4.34. The third-order valence-corrected chi connectivity index (χ3v) is 3.91. The van der Waals surface area contributed by atoms with Gasteiger partial charge in [-0.3, -0.25) is 0 Å². The number of piperidine rings is 1. The molecule has 1 aromatic rings. The van der Waals surface area contributed by atoms with Crippen LogP contribution < -0.4 is 5.32 Å². The summed E-state index contributed by atoms with van der Waals surface area (Å²) in [6.45, 7) is 0.946. The molecule has 0 saturated carbocycles. The van der Waals surface area contributed by atoms with Crippen LogP contribution in [-0.2, 0) is 0 Å². The third-order valence-electron chi connectivity index (χ3n) is 3.10. The van der Waals surface area contributed by atoms with E-state index in [0.29, 0.717) is 5.02 Å². The maximum atomic E-state index is 9.34. The molecule has 2 rings (SSSR count). The van der Waals surface area contributed by atoms with E-state index in [-0.39, 0.29) is 5.25 Å². The lowest BCUT2D eigenvalue weighted by atomic mass is 9.99. The molecule has 1 heterocycles. The lowest BCUT2D eigenvalue weighted by Crippen LogP contribution is -2.22. The lowest BCUT2D eigenvalue weighted by Gasteiger charge is -2.21. The molecule has 0 bridgehead atoms. The molecule has 18 heavy (non-hydrogen) atoms. The van der Waals surface area contributed by atoms with Gasteiger partial charge in [-0.25, -0.2) is 0 Å². The molecule has 0 spiro atoms. The molecule has 1 N–H and O–H groups in total. The Morgan fingerprint density at radius 1 is 1.33 bits per heavy atom. The number of hydrogen-bond acceptors (Lipinski definition) is 3. The van der Waals surface area contributed by atoms with Gasteiger partial charge >= 0.3 is 0 Å². The molecule has 1 saturated heterocycles. The fourth-order valence-electron chi connectivity index (χ4n) is 2.09. The van der Waals surface area contributed by atoms with Crippen LogP contribution in [0.2, 0.25) is 5.02 Å². The number of thiol groups is 1. The molecule has 0 aromatic heterocycles. The normalized spacial score (nSPS) is 19.6. The van der Waals surface area contributed by atoms with Gasteiger partial charge in [-0.15, -0.1) is 0 Å². The first kappa shape index (κ1) is 13.3. The molecule has 1 aliphatic rings. The molecule has 0 radical (unpaired) electrons. The minimum Gasteiger partial charge on any atom is -0.388 e. The second kappa shape index (κ2) is 6.17. The number of rotatable bonds is 2. The van der Waals surface area contributed by atoms with Gasteiger partial charge in [0.2, 0.25) is 0 Å². The predicted octanol–water partition coefficient (Wildman–Crippen LogP) is 3.86. The molecule has 4 heteroatoms. The highest BCUT2D eigenvalue weighted by atomic mass is 35.5. The maximum absolute atomic E-state index is 9.34. The first-order chi connectivity index (χ1) is 8.72. The van der Waals surface area contributed by atoms with E-state index in [1.165, 1.54) is 6.42 Å². The zero-order valence-corrected chi connectivity index (χ0v) is 11.6. The number of nitrogens with one attached hydrogen (secondary N) is 1. The van der Waals surface area contributed by atoms with E-state index >= 15 is 0 Å². The molecule has 1 aromatic carbocycles. The van der Waals surface area contributed by atoms with Crippen molar-refractivity contribution in [2.45, 2.75) is 24.5 Å². The van der Waals surface area contributed by atoms with Crippen molar-refractivity contribution >= 4 is 24.2 Å². The molecule has 2 nitrogen and oxygen atoms in total. The van der Waals surface area contributed by atoms with Gasteiger partial charge in [-0.1, -0.05) is 23.7 Å². The first-order valence-corrected chi connectivity index (χ1v) is 6.92. The number of benzene rings is 1. The zero-order chi connectivity index (χ0) is 13.0. The van der Waals surface area contributed by atoms with Gasteiger partial charge in [0.1, 0.15) is 0 Å². The Labute approximate surface area is 118 Å². The molecule has 1 aliphatic heterocycles. The Balaban J connectivity index is 2.27. The van der Waals surface area contributed by atoms with Crippen LogP contribution in [0.5, 0.6) is 0 Å². The van der Waals surface area contributed by atoms with Crippen LogP contribution in [0.15, 0.2) is 35.5 Å². The average molecular weight is 279 g/mol. The topological polar surface area (TPSA) is 35.8 Å². The van der Waals surface area contributed by atoms with E-state index in [2.05, 4.69) is 24.0 Å². The highest BCUT2D eigenvalue weighted by Crippen LogP contribution is 2.32. The van der Waals surface area contributed by atoms with Gasteiger partial charge in [-0.2, -0.15) is 17.9 Å². The highest BCUT2D eigenvalue weighted by molar-refractivity contribution is 7.80. The van der Waals surface area contributed by atoms with Gasteiger partial charge in [0.15, 0.2) is 0 Å². The minimum absolute atomic E-state index is 0.187. The standard InChI is InChI=1S/C14H15ClN2S/c15-11-6-4-10(5-7-11)14(18)12(9-16)13-3-1-2-8-17-13/h4-7,14,17-18H,1-3,8H2. The summed E-state index contributed by atoms with van der Waals surface area (Å²) < 4.78 is 0. The number of nitriles is 1. The monoisotopic (exact) mass is 278 g/mol. The fourth-order valence-corrected chi connectivity index (χ4v) is 2.60. The van der Waals surface area contributed by atoms with E-state index in [1.54, 1.807) is 0 Å². The first-order valence-electron chi connectivity index (χ1n) is 6.03. The molecule has 0 aliphatic carbocycles. The van der Waals surface area contributed by atoms with Crippen LogP contribution in [0.25, 0.3) is 0 Å².